The van der Waals surface area contributed by atoms with Gasteiger partial charge in [-0.15, -0.1) is 0 Å². The average molecular weight is 325 g/mol. The van der Waals surface area contributed by atoms with Crippen LogP contribution in [-0.2, 0) is 0 Å². The lowest BCUT2D eigenvalue weighted by Gasteiger charge is -2.04. The van der Waals surface area contributed by atoms with Crippen LogP contribution in [0.3, 0.4) is 0 Å². The Bertz CT molecular complexity index is 653. The molecular weight excluding hydrogens is 316 g/mol. The molecule has 7 nitrogen and oxygen atoms in total. The predicted molar refractivity (Wildman–Crippen MR) is 72.1 cm³/mol. The van der Waals surface area contributed by atoms with Gasteiger partial charge in [-0.25, -0.2) is 9.97 Å². The van der Waals surface area contributed by atoms with Crippen molar-refractivity contribution < 1.29 is 9.72 Å². The molecule has 0 saturated heterocycles. The molecule has 2 aromatic rings. The molecule has 0 spiro atoms. The Morgan fingerprint density at radius 1 is 1.53 bits per heavy atom. The van der Waals surface area contributed by atoms with E-state index in [0.29, 0.717) is 10.3 Å². The fraction of sp³-hybridized carbons (Fsp3) is 0.0909. The number of nitrogens with zero attached hydrogens (tertiary/aromatic N) is 2. The van der Waals surface area contributed by atoms with E-state index < -0.39 is 10.8 Å². The van der Waals surface area contributed by atoms with E-state index >= 15 is 0 Å². The molecule has 0 saturated carbocycles. The summed E-state index contributed by atoms with van der Waals surface area (Å²) in [5.41, 5.74) is 1.51. The number of rotatable bonds is 3. The van der Waals surface area contributed by atoms with E-state index in [1.807, 2.05) is 6.92 Å². The van der Waals surface area contributed by atoms with Crippen LogP contribution in [0.25, 0.3) is 0 Å². The van der Waals surface area contributed by atoms with Crippen molar-refractivity contribution in [2.75, 3.05) is 5.32 Å². The standard InChI is InChI=1S/C11H9BrN4O3/c1-6-4-7(5-13-10(6)12)14-11(17)8-2-3-9(15-8)16(18)19/h2-5,15H,1H3,(H,14,17). The van der Waals surface area contributed by atoms with E-state index in [2.05, 4.69) is 31.2 Å². The molecular formula is C11H9BrN4O3. The van der Waals surface area contributed by atoms with Crippen LogP contribution in [0.5, 0.6) is 0 Å². The summed E-state index contributed by atoms with van der Waals surface area (Å²) < 4.78 is 0.695. The fourth-order valence-corrected chi connectivity index (χ4v) is 1.66. The number of aryl methyl sites for hydroxylation is 1. The number of carbonyl (C=O) groups excluding carboxylic acids is 1. The van der Waals surface area contributed by atoms with Crippen molar-refractivity contribution in [2.24, 2.45) is 0 Å². The average Bonchev–Trinajstić information content (AvgIpc) is 2.83. The number of carbonyl (C=O) groups is 1. The van der Waals surface area contributed by atoms with Gasteiger partial charge < -0.3 is 15.4 Å². The third-order valence-corrected chi connectivity index (χ3v) is 3.21. The first-order valence-corrected chi connectivity index (χ1v) is 6.03. The number of nitrogens with one attached hydrogen (secondary N) is 2. The number of halogens is 1. The fourth-order valence-electron chi connectivity index (χ4n) is 1.45. The molecule has 19 heavy (non-hydrogen) atoms. The predicted octanol–water partition coefficient (Wildman–Crippen LogP) is 2.64. The molecule has 2 rings (SSSR count). The van der Waals surface area contributed by atoms with Crippen LogP contribution in [0.15, 0.2) is 29.0 Å². The van der Waals surface area contributed by atoms with Gasteiger partial charge in [0, 0.05) is 6.07 Å². The monoisotopic (exact) mass is 324 g/mol. The molecule has 0 aromatic carbocycles. The van der Waals surface area contributed by atoms with Crippen molar-refractivity contribution >= 4 is 33.3 Å². The van der Waals surface area contributed by atoms with Gasteiger partial charge in [0.15, 0.2) is 5.69 Å². The number of nitro groups is 1. The van der Waals surface area contributed by atoms with E-state index in [-0.39, 0.29) is 11.5 Å². The summed E-state index contributed by atoms with van der Waals surface area (Å²) in [6, 6.07) is 4.33. The SMILES string of the molecule is Cc1cc(NC(=O)c2ccc([N+](=O)[O-])[nH]2)cnc1Br. The Hall–Kier alpha value is -2.22. The van der Waals surface area contributed by atoms with Crippen LogP contribution >= 0.6 is 15.9 Å². The molecule has 0 atom stereocenters. The summed E-state index contributed by atoms with van der Waals surface area (Å²) in [5.74, 6) is -0.688. The van der Waals surface area contributed by atoms with Crippen molar-refractivity contribution in [1.82, 2.24) is 9.97 Å². The van der Waals surface area contributed by atoms with Gasteiger partial charge in [0.1, 0.15) is 4.60 Å². The molecule has 0 aliphatic heterocycles. The first-order valence-electron chi connectivity index (χ1n) is 5.24. The smallest absolute Gasteiger partial charge is 0.321 e. The van der Waals surface area contributed by atoms with Crippen LogP contribution in [-0.4, -0.2) is 20.8 Å². The second-order valence-corrected chi connectivity index (χ2v) is 4.55. The van der Waals surface area contributed by atoms with Gasteiger partial charge in [-0.1, -0.05) is 0 Å². The van der Waals surface area contributed by atoms with Crippen molar-refractivity contribution in [3.8, 4) is 0 Å². The maximum atomic E-state index is 11.8. The Balaban J connectivity index is 2.15. The minimum Gasteiger partial charge on any atom is -0.358 e. The number of hydrogen-bond acceptors (Lipinski definition) is 4. The molecule has 0 aliphatic rings. The second kappa shape index (κ2) is 5.19. The van der Waals surface area contributed by atoms with Gasteiger partial charge in [-0.05, 0) is 45.5 Å². The molecule has 0 aliphatic carbocycles. The van der Waals surface area contributed by atoms with Crippen molar-refractivity contribution in [3.05, 3.63) is 50.4 Å². The topological polar surface area (TPSA) is 101 Å². The van der Waals surface area contributed by atoms with E-state index in [1.165, 1.54) is 18.3 Å². The zero-order valence-corrected chi connectivity index (χ0v) is 11.4. The summed E-state index contributed by atoms with van der Waals surface area (Å²) in [6.07, 6.45) is 1.49. The number of amides is 1. The third-order valence-electron chi connectivity index (χ3n) is 2.38. The minimum absolute atomic E-state index is 0.118. The normalized spacial score (nSPS) is 10.2. The molecule has 2 N–H and O–H groups in total. The highest BCUT2D eigenvalue weighted by molar-refractivity contribution is 9.10. The van der Waals surface area contributed by atoms with Crippen LogP contribution in [0.2, 0.25) is 0 Å². The van der Waals surface area contributed by atoms with Crippen LogP contribution in [0.4, 0.5) is 11.5 Å². The summed E-state index contributed by atoms with van der Waals surface area (Å²) in [7, 11) is 0. The summed E-state index contributed by atoms with van der Waals surface area (Å²) in [4.78, 5) is 28.2. The number of aromatic amines is 1. The van der Waals surface area contributed by atoms with Gasteiger partial charge in [0.25, 0.3) is 5.91 Å². The third kappa shape index (κ3) is 2.97. The molecule has 98 valence electrons. The molecule has 0 radical (unpaired) electrons. The number of anilines is 1. The number of hydrogen-bond donors (Lipinski definition) is 2. The first-order chi connectivity index (χ1) is 8.97. The van der Waals surface area contributed by atoms with Gasteiger partial charge >= 0.3 is 5.82 Å². The number of H-pyrrole nitrogens is 1. The number of aromatic nitrogens is 2. The van der Waals surface area contributed by atoms with Crippen molar-refractivity contribution in [2.45, 2.75) is 6.92 Å². The van der Waals surface area contributed by atoms with Gasteiger partial charge in [-0.3, -0.25) is 4.79 Å². The highest BCUT2D eigenvalue weighted by atomic mass is 79.9. The van der Waals surface area contributed by atoms with Crippen molar-refractivity contribution in [3.63, 3.8) is 0 Å². The lowest BCUT2D eigenvalue weighted by atomic mass is 10.3. The largest absolute Gasteiger partial charge is 0.358 e. The quantitative estimate of drug-likeness (QED) is 0.514. The summed E-state index contributed by atoms with van der Waals surface area (Å²) in [5, 5.41) is 13.1. The van der Waals surface area contributed by atoms with Crippen LogP contribution < -0.4 is 5.32 Å². The molecule has 1 amide bonds. The Morgan fingerprint density at radius 3 is 2.84 bits per heavy atom. The molecule has 0 unspecified atom stereocenters. The lowest BCUT2D eigenvalue weighted by Crippen LogP contribution is -2.12. The molecule has 0 bridgehead atoms. The van der Waals surface area contributed by atoms with E-state index in [0.717, 1.165) is 5.56 Å². The maximum absolute atomic E-state index is 11.8. The molecule has 2 heterocycles. The molecule has 8 heteroatoms. The Kier molecular flexibility index (Phi) is 3.61. The van der Waals surface area contributed by atoms with Gasteiger partial charge in [0.2, 0.25) is 0 Å². The van der Waals surface area contributed by atoms with Crippen LogP contribution in [0.1, 0.15) is 16.1 Å². The van der Waals surface area contributed by atoms with Gasteiger partial charge in [0.05, 0.1) is 11.9 Å². The Morgan fingerprint density at radius 2 is 2.26 bits per heavy atom. The molecule has 0 fully saturated rings. The zero-order valence-electron chi connectivity index (χ0n) is 9.81. The lowest BCUT2D eigenvalue weighted by molar-refractivity contribution is -0.389. The minimum atomic E-state index is -0.595. The van der Waals surface area contributed by atoms with E-state index in [4.69, 9.17) is 0 Å². The van der Waals surface area contributed by atoms with E-state index in [1.54, 1.807) is 6.07 Å². The Labute approximate surface area is 116 Å². The highest BCUT2D eigenvalue weighted by Gasteiger charge is 2.15. The zero-order chi connectivity index (χ0) is 14.0. The van der Waals surface area contributed by atoms with Crippen LogP contribution in [0, 0.1) is 17.0 Å². The molecule has 2 aromatic heterocycles. The van der Waals surface area contributed by atoms with E-state index in [9.17, 15) is 14.9 Å². The highest BCUT2D eigenvalue weighted by Crippen LogP contribution is 2.18. The summed E-state index contributed by atoms with van der Waals surface area (Å²) >= 11 is 3.25. The first kappa shape index (κ1) is 13.2. The second-order valence-electron chi connectivity index (χ2n) is 3.80. The number of pyridine rings is 1. The van der Waals surface area contributed by atoms with Gasteiger partial charge in [-0.2, -0.15) is 0 Å². The maximum Gasteiger partial charge on any atom is 0.321 e. The summed E-state index contributed by atoms with van der Waals surface area (Å²) in [6.45, 7) is 1.84. The van der Waals surface area contributed by atoms with Crippen molar-refractivity contribution in [1.29, 1.82) is 0 Å².